The van der Waals surface area contributed by atoms with E-state index < -0.39 is 0 Å². The van der Waals surface area contributed by atoms with Crippen molar-refractivity contribution < 1.29 is 4.79 Å². The number of hydrogen-bond donors (Lipinski definition) is 0. The smallest absolute Gasteiger partial charge is 0.259 e. The summed E-state index contributed by atoms with van der Waals surface area (Å²) in [4.78, 5) is 20.4. The van der Waals surface area contributed by atoms with Crippen LogP contribution in [-0.4, -0.2) is 17.4 Å². The Balaban J connectivity index is 1.71. The number of aryl methyl sites for hydroxylation is 2. The molecule has 0 atom stereocenters. The van der Waals surface area contributed by atoms with Crippen LogP contribution in [0.25, 0.3) is 10.9 Å². The molecule has 0 saturated carbocycles. The maximum absolute atomic E-state index is 13.6. The Morgan fingerprint density at radius 1 is 0.920 bits per heavy atom. The highest BCUT2D eigenvalue weighted by atomic mass is 16.2. The van der Waals surface area contributed by atoms with Crippen LogP contribution in [0.1, 0.15) is 40.0 Å². The van der Waals surface area contributed by atoms with E-state index in [-0.39, 0.29) is 5.91 Å². The normalized spacial score (nSPS) is 15.9. The van der Waals surface area contributed by atoms with Crippen molar-refractivity contribution in [3.05, 3.63) is 70.9 Å². The average Bonchev–Trinajstić information content (AvgIpc) is 3.13. The van der Waals surface area contributed by atoms with E-state index in [1.807, 2.05) is 35.2 Å². The van der Waals surface area contributed by atoms with E-state index in [9.17, 15) is 4.79 Å². The zero-order valence-corrected chi connectivity index (χ0v) is 14.2. The monoisotopic (exact) mass is 328 g/mol. The summed E-state index contributed by atoms with van der Waals surface area (Å²) in [7, 11) is 0. The number of aromatic nitrogens is 1. The fourth-order valence-electron chi connectivity index (χ4n) is 4.33. The third-order valence-electron chi connectivity index (χ3n) is 5.49. The molecule has 0 fully saturated rings. The summed E-state index contributed by atoms with van der Waals surface area (Å²) in [5.41, 5.74) is 6.47. The second-order valence-electron chi connectivity index (χ2n) is 6.97. The highest BCUT2D eigenvalue weighted by Gasteiger charge is 2.29. The molecule has 3 heteroatoms. The van der Waals surface area contributed by atoms with Gasteiger partial charge < -0.3 is 4.90 Å². The number of fused-ring (bicyclic) bond motifs is 3. The third kappa shape index (κ3) is 2.26. The molecular weight excluding hydrogens is 308 g/mol. The Hall–Kier alpha value is -2.68. The van der Waals surface area contributed by atoms with Crippen LogP contribution >= 0.6 is 0 Å². The van der Waals surface area contributed by atoms with E-state index in [0.717, 1.165) is 66.5 Å². The van der Waals surface area contributed by atoms with Crippen LogP contribution in [0.15, 0.2) is 48.5 Å². The fourth-order valence-corrected chi connectivity index (χ4v) is 4.33. The number of pyridine rings is 1. The number of para-hydroxylation sites is 2. The van der Waals surface area contributed by atoms with Crippen LogP contribution in [0.3, 0.4) is 0 Å². The topological polar surface area (TPSA) is 33.2 Å². The lowest BCUT2D eigenvalue weighted by Crippen LogP contribution is -2.36. The van der Waals surface area contributed by atoms with Gasteiger partial charge in [0.2, 0.25) is 0 Å². The molecule has 3 nitrogen and oxygen atoms in total. The number of nitrogens with zero attached hydrogens (tertiary/aromatic N) is 2. The summed E-state index contributed by atoms with van der Waals surface area (Å²) in [6.45, 7) is 0.793. The largest absolute Gasteiger partial charge is 0.308 e. The Labute approximate surface area is 147 Å². The van der Waals surface area contributed by atoms with Crippen LogP contribution in [0.5, 0.6) is 0 Å². The third-order valence-corrected chi connectivity index (χ3v) is 5.49. The quantitative estimate of drug-likeness (QED) is 0.666. The Kier molecular flexibility index (Phi) is 3.34. The van der Waals surface area contributed by atoms with Crippen molar-refractivity contribution in [3.8, 4) is 0 Å². The maximum atomic E-state index is 13.6. The van der Waals surface area contributed by atoms with Crippen LogP contribution in [0, 0.1) is 0 Å². The van der Waals surface area contributed by atoms with Gasteiger partial charge in [0.15, 0.2) is 0 Å². The molecule has 2 aliphatic rings. The van der Waals surface area contributed by atoms with E-state index >= 15 is 0 Å². The highest BCUT2D eigenvalue weighted by molar-refractivity contribution is 6.15. The van der Waals surface area contributed by atoms with E-state index in [4.69, 9.17) is 4.98 Å². The van der Waals surface area contributed by atoms with Gasteiger partial charge in [-0.1, -0.05) is 36.4 Å². The first-order valence-electron chi connectivity index (χ1n) is 9.13. The van der Waals surface area contributed by atoms with E-state index in [1.54, 1.807) is 0 Å². The van der Waals surface area contributed by atoms with Crippen molar-refractivity contribution in [1.82, 2.24) is 4.98 Å². The molecule has 5 rings (SSSR count). The minimum absolute atomic E-state index is 0.143. The first-order valence-corrected chi connectivity index (χ1v) is 9.13. The van der Waals surface area contributed by atoms with Gasteiger partial charge in [-0.05, 0) is 55.4 Å². The summed E-state index contributed by atoms with van der Waals surface area (Å²) in [5, 5.41) is 0.996. The summed E-state index contributed by atoms with van der Waals surface area (Å²) in [6.07, 6.45) is 5.11. The number of amides is 1. The second-order valence-corrected chi connectivity index (χ2v) is 6.97. The van der Waals surface area contributed by atoms with Gasteiger partial charge in [-0.25, -0.2) is 0 Å². The molecule has 124 valence electrons. The number of benzene rings is 2. The predicted octanol–water partition coefficient (Wildman–Crippen LogP) is 4.32. The lowest BCUT2D eigenvalue weighted by molar-refractivity contribution is 0.0986. The number of anilines is 1. The Bertz CT molecular complexity index is 992. The number of rotatable bonds is 1. The molecule has 2 aromatic carbocycles. The molecule has 0 bridgehead atoms. The van der Waals surface area contributed by atoms with Crippen molar-refractivity contribution in [2.45, 2.75) is 32.1 Å². The van der Waals surface area contributed by atoms with Crippen molar-refractivity contribution in [2.75, 3.05) is 11.4 Å². The lowest BCUT2D eigenvalue weighted by Gasteiger charge is -2.30. The molecule has 0 spiro atoms. The van der Waals surface area contributed by atoms with Gasteiger partial charge in [0, 0.05) is 23.3 Å². The van der Waals surface area contributed by atoms with Crippen molar-refractivity contribution >= 4 is 22.5 Å². The first-order chi connectivity index (χ1) is 12.3. The molecule has 1 aliphatic heterocycles. The predicted molar refractivity (Wildman–Crippen MR) is 100 cm³/mol. The summed E-state index contributed by atoms with van der Waals surface area (Å²) in [6, 6.07) is 16.4. The van der Waals surface area contributed by atoms with Crippen molar-refractivity contribution in [2.24, 2.45) is 0 Å². The van der Waals surface area contributed by atoms with Gasteiger partial charge in [-0.15, -0.1) is 0 Å². The summed E-state index contributed by atoms with van der Waals surface area (Å²) < 4.78 is 0. The number of carbonyl (C=O) groups is 1. The molecule has 1 aromatic heterocycles. The number of carbonyl (C=O) groups excluding carboxylic acids is 1. The standard InChI is InChI=1S/C22H20N2O/c25-22(24-14-6-8-15-7-1-4-13-20(15)24)21-16-9-2-3-11-18(16)23-19-12-5-10-17(19)21/h1-4,7,9,11,13H,5-6,8,10,12,14H2. The van der Waals surface area contributed by atoms with Crippen LogP contribution < -0.4 is 4.90 Å². The molecule has 0 unspecified atom stereocenters. The molecule has 1 aliphatic carbocycles. The average molecular weight is 328 g/mol. The Morgan fingerprint density at radius 3 is 2.72 bits per heavy atom. The zero-order chi connectivity index (χ0) is 16.8. The number of hydrogen-bond acceptors (Lipinski definition) is 2. The molecule has 2 heterocycles. The lowest BCUT2D eigenvalue weighted by atomic mass is 9.97. The molecule has 3 aromatic rings. The fraction of sp³-hybridized carbons (Fsp3) is 0.273. The first kappa shape index (κ1) is 14.6. The van der Waals surface area contributed by atoms with E-state index in [2.05, 4.69) is 18.2 Å². The van der Waals surface area contributed by atoms with Crippen LogP contribution in [-0.2, 0) is 19.3 Å². The van der Waals surface area contributed by atoms with Gasteiger partial charge in [-0.2, -0.15) is 0 Å². The van der Waals surface area contributed by atoms with Gasteiger partial charge in [0.05, 0.1) is 11.1 Å². The molecular formula is C22H20N2O. The van der Waals surface area contributed by atoms with Gasteiger partial charge in [0.1, 0.15) is 0 Å². The molecule has 0 N–H and O–H groups in total. The molecule has 1 amide bonds. The van der Waals surface area contributed by atoms with Crippen LogP contribution in [0.2, 0.25) is 0 Å². The van der Waals surface area contributed by atoms with Crippen LogP contribution in [0.4, 0.5) is 5.69 Å². The van der Waals surface area contributed by atoms with E-state index in [1.165, 1.54) is 11.1 Å². The van der Waals surface area contributed by atoms with Gasteiger partial charge >= 0.3 is 0 Å². The highest BCUT2D eigenvalue weighted by Crippen LogP contribution is 2.34. The SMILES string of the molecule is O=C(c1c2c(nc3ccccc13)CCC2)N1CCCc2ccccc21. The summed E-state index contributed by atoms with van der Waals surface area (Å²) in [5.74, 6) is 0.143. The second kappa shape index (κ2) is 5.69. The van der Waals surface area contributed by atoms with Crippen molar-refractivity contribution in [3.63, 3.8) is 0 Å². The maximum Gasteiger partial charge on any atom is 0.259 e. The molecule has 25 heavy (non-hydrogen) atoms. The molecule has 0 radical (unpaired) electrons. The Morgan fingerprint density at radius 2 is 1.76 bits per heavy atom. The van der Waals surface area contributed by atoms with Gasteiger partial charge in [-0.3, -0.25) is 9.78 Å². The summed E-state index contributed by atoms with van der Waals surface area (Å²) >= 11 is 0. The minimum atomic E-state index is 0.143. The minimum Gasteiger partial charge on any atom is -0.308 e. The van der Waals surface area contributed by atoms with Crippen molar-refractivity contribution in [1.29, 1.82) is 0 Å². The molecule has 0 saturated heterocycles. The zero-order valence-electron chi connectivity index (χ0n) is 14.2. The van der Waals surface area contributed by atoms with Gasteiger partial charge in [0.25, 0.3) is 5.91 Å². The van der Waals surface area contributed by atoms with E-state index in [0.29, 0.717) is 0 Å².